The van der Waals surface area contributed by atoms with Crippen molar-refractivity contribution >= 4 is 81.7 Å². The van der Waals surface area contributed by atoms with Gasteiger partial charge in [0.25, 0.3) is 0 Å². The molecule has 6 unspecified atom stereocenters. The molecule has 2 aliphatic carbocycles. The number of hydrogen-bond donors (Lipinski definition) is 0. The van der Waals surface area contributed by atoms with Gasteiger partial charge in [-0.15, -0.1) is 0 Å². The minimum atomic E-state index is -0.194. The van der Waals surface area contributed by atoms with Crippen molar-refractivity contribution in [3.8, 4) is 0 Å². The highest BCUT2D eigenvalue weighted by atomic mass is 32.2. The van der Waals surface area contributed by atoms with Gasteiger partial charge in [0.1, 0.15) is 38.0 Å². The lowest BCUT2D eigenvalue weighted by molar-refractivity contribution is -0.134. The zero-order valence-electron chi connectivity index (χ0n) is 33.7. The van der Waals surface area contributed by atoms with Gasteiger partial charge in [-0.3, -0.25) is 28.8 Å². The topological polar surface area (TPSA) is 139 Å². The molecule has 0 spiro atoms. The van der Waals surface area contributed by atoms with Crippen molar-refractivity contribution in [3.63, 3.8) is 0 Å². The van der Waals surface area contributed by atoms with Crippen LogP contribution >= 0.6 is 47.0 Å². The molecule has 0 aromatic rings. The molecular weight excluding hydrogens is 793 g/mol. The van der Waals surface area contributed by atoms with E-state index in [4.69, 9.17) is 18.9 Å². The standard InChI is InChI=1S/C22H36O6S2.C18H32O4S2.2CH4/c1-5-6-11-29-21-19(16(3)24)20(17(4)25)22(21)30-12-7-8-18(26)14-28-10-9-27-13-15(2)23;1-3-4-11-23-17-7-8-18(17)24-12-5-6-16(20)14-22-10-9-21-13-15(2)19;;/h19-22H,5-14H2,1-4H3;17-18H,3-14H2,1-2H3;2*1H4. The quantitative estimate of drug-likeness (QED) is 0.0572. The van der Waals surface area contributed by atoms with Gasteiger partial charge in [0, 0.05) is 45.7 Å². The third kappa shape index (κ3) is 26.4. The van der Waals surface area contributed by atoms with Crippen LogP contribution in [0.15, 0.2) is 0 Å². The number of rotatable bonds is 34. The van der Waals surface area contributed by atoms with Crippen LogP contribution in [0.2, 0.25) is 0 Å². The molecule has 0 saturated heterocycles. The predicted molar refractivity (Wildman–Crippen MR) is 239 cm³/mol. The molecule has 14 heteroatoms. The predicted octanol–water partition coefficient (Wildman–Crippen LogP) is 8.41. The minimum absolute atomic E-state index is 0. The van der Waals surface area contributed by atoms with Crippen molar-refractivity contribution in [1.29, 1.82) is 0 Å². The number of carbonyl (C=O) groups is 6. The summed E-state index contributed by atoms with van der Waals surface area (Å²) in [5, 5.41) is 2.00. The van der Waals surface area contributed by atoms with Crippen LogP contribution in [-0.2, 0) is 47.7 Å². The summed E-state index contributed by atoms with van der Waals surface area (Å²) in [6.45, 7) is 12.2. The molecule has 2 aliphatic rings. The largest absolute Gasteiger partial charge is 0.371 e. The van der Waals surface area contributed by atoms with Gasteiger partial charge in [0.15, 0.2) is 23.1 Å². The van der Waals surface area contributed by atoms with E-state index in [2.05, 4.69) is 25.6 Å². The van der Waals surface area contributed by atoms with Gasteiger partial charge in [-0.2, -0.15) is 47.0 Å². The first-order chi connectivity index (χ1) is 25.9. The third-order valence-corrected chi connectivity index (χ3v) is 15.2. The van der Waals surface area contributed by atoms with Crippen LogP contribution in [0.3, 0.4) is 0 Å². The van der Waals surface area contributed by atoms with Crippen molar-refractivity contribution in [2.75, 3.05) is 75.9 Å². The lowest BCUT2D eigenvalue weighted by atomic mass is 9.68. The molecule has 6 atom stereocenters. The van der Waals surface area contributed by atoms with E-state index >= 15 is 0 Å². The average Bonchev–Trinajstić information content (AvgIpc) is 3.09. The number of ketones is 6. The molecule has 0 aromatic carbocycles. The van der Waals surface area contributed by atoms with Crippen molar-refractivity contribution < 1.29 is 47.7 Å². The Hall–Kier alpha value is -0.740. The van der Waals surface area contributed by atoms with E-state index < -0.39 is 0 Å². The summed E-state index contributed by atoms with van der Waals surface area (Å²) in [4.78, 5) is 69.3. The summed E-state index contributed by atoms with van der Waals surface area (Å²) >= 11 is 7.73. The zero-order valence-corrected chi connectivity index (χ0v) is 37.0. The van der Waals surface area contributed by atoms with Crippen LogP contribution in [0.5, 0.6) is 0 Å². The first kappa shape index (κ1) is 57.4. The van der Waals surface area contributed by atoms with Gasteiger partial charge >= 0.3 is 0 Å². The molecule has 56 heavy (non-hydrogen) atoms. The lowest BCUT2D eigenvalue weighted by Gasteiger charge is -2.49. The van der Waals surface area contributed by atoms with Crippen LogP contribution in [-0.4, -0.2) is 132 Å². The van der Waals surface area contributed by atoms with Crippen molar-refractivity contribution in [2.24, 2.45) is 11.8 Å². The average molecular weight is 869 g/mol. The van der Waals surface area contributed by atoms with Gasteiger partial charge in [0.2, 0.25) is 0 Å². The van der Waals surface area contributed by atoms with Gasteiger partial charge in [0.05, 0.1) is 26.4 Å². The van der Waals surface area contributed by atoms with E-state index in [0.29, 0.717) is 39.3 Å². The number of thioether (sulfide) groups is 4. The molecule has 328 valence electrons. The molecule has 0 amide bonds. The van der Waals surface area contributed by atoms with Crippen LogP contribution in [0.4, 0.5) is 0 Å². The molecular formula is C42H76O10S4. The van der Waals surface area contributed by atoms with E-state index in [1.807, 2.05) is 23.5 Å². The molecule has 2 fully saturated rings. The summed E-state index contributed by atoms with van der Waals surface area (Å²) in [6, 6.07) is 0. The Bertz CT molecular complexity index is 1110. The number of unbranched alkanes of at least 4 members (excludes halogenated alkanes) is 2. The highest BCUT2D eigenvalue weighted by molar-refractivity contribution is 8.04. The van der Waals surface area contributed by atoms with Crippen molar-refractivity contribution in [3.05, 3.63) is 0 Å². The fourth-order valence-electron chi connectivity index (χ4n) is 5.78. The first-order valence-electron chi connectivity index (χ1n) is 19.7. The van der Waals surface area contributed by atoms with Gasteiger partial charge in [-0.25, -0.2) is 0 Å². The molecule has 0 aromatic heterocycles. The highest BCUT2D eigenvalue weighted by Gasteiger charge is 2.54. The van der Waals surface area contributed by atoms with Crippen LogP contribution in [0.25, 0.3) is 0 Å². The fraction of sp³-hybridized carbons (Fsp3) is 0.857. The number of hydrogen-bond acceptors (Lipinski definition) is 14. The SMILES string of the molecule is C.C.CCCCSC1C(SCCCC(=O)COCCOCC(C)=O)C(C(C)=O)C1C(C)=O.CCCCSC1CCC1SCCCC(=O)COCCOCC(C)=O. The Balaban J connectivity index is 0. The Labute approximate surface area is 357 Å². The second-order valence-electron chi connectivity index (χ2n) is 13.9. The second-order valence-corrected chi connectivity index (χ2v) is 19.2. The highest BCUT2D eigenvalue weighted by Crippen LogP contribution is 2.50. The Morgan fingerprint density at radius 2 is 0.804 bits per heavy atom. The minimum Gasteiger partial charge on any atom is -0.371 e. The smallest absolute Gasteiger partial charge is 0.158 e. The third-order valence-electron chi connectivity index (χ3n) is 8.87. The summed E-state index contributed by atoms with van der Waals surface area (Å²) in [7, 11) is 0. The molecule has 0 aliphatic heterocycles. The van der Waals surface area contributed by atoms with Gasteiger partial charge in [-0.05, 0) is 89.2 Å². The number of Topliss-reactive ketones (excluding diaryl/α,β-unsaturated/α-hetero) is 6. The molecule has 0 N–H and O–H groups in total. The molecule has 2 rings (SSSR count). The summed E-state index contributed by atoms with van der Waals surface area (Å²) in [5.74, 6) is 4.17. The molecule has 2 saturated carbocycles. The van der Waals surface area contributed by atoms with E-state index in [1.165, 1.54) is 45.3 Å². The lowest BCUT2D eigenvalue weighted by Crippen LogP contribution is -2.58. The van der Waals surface area contributed by atoms with Crippen LogP contribution in [0, 0.1) is 11.8 Å². The molecule has 0 heterocycles. The van der Waals surface area contributed by atoms with E-state index in [9.17, 15) is 28.8 Å². The summed E-state index contributed by atoms with van der Waals surface area (Å²) < 4.78 is 20.7. The maximum atomic E-state index is 12.1. The van der Waals surface area contributed by atoms with Crippen LogP contribution < -0.4 is 0 Å². The second kappa shape index (κ2) is 36.1. The first-order valence-corrected chi connectivity index (χ1v) is 23.9. The normalized spacial score (nSPS) is 20.9. The van der Waals surface area contributed by atoms with E-state index in [-0.39, 0.29) is 98.3 Å². The van der Waals surface area contributed by atoms with Gasteiger partial charge < -0.3 is 18.9 Å². The molecule has 0 bridgehead atoms. The Morgan fingerprint density at radius 3 is 1.12 bits per heavy atom. The Morgan fingerprint density at radius 1 is 0.482 bits per heavy atom. The van der Waals surface area contributed by atoms with E-state index in [1.54, 1.807) is 25.6 Å². The number of carbonyl (C=O) groups excluding carboxylic acids is 6. The zero-order chi connectivity index (χ0) is 40.1. The van der Waals surface area contributed by atoms with Gasteiger partial charge in [-0.1, -0.05) is 41.5 Å². The summed E-state index contributed by atoms with van der Waals surface area (Å²) in [5.41, 5.74) is 0. The molecule has 0 radical (unpaired) electrons. The maximum Gasteiger partial charge on any atom is 0.158 e. The van der Waals surface area contributed by atoms with E-state index in [0.717, 1.165) is 53.4 Å². The van der Waals surface area contributed by atoms with Crippen LogP contribution in [0.1, 0.15) is 121 Å². The summed E-state index contributed by atoms with van der Waals surface area (Å²) in [6.07, 6.45) is 10.2. The Kier molecular flexibility index (Phi) is 37.0. The van der Waals surface area contributed by atoms with Crippen molar-refractivity contribution in [1.82, 2.24) is 0 Å². The fourth-order valence-corrected chi connectivity index (χ4v) is 12.6. The monoisotopic (exact) mass is 868 g/mol. The maximum absolute atomic E-state index is 12.1. The van der Waals surface area contributed by atoms with Crippen molar-refractivity contribution in [2.45, 2.75) is 142 Å². The number of ether oxygens (including phenoxy) is 4. The molecule has 10 nitrogen and oxygen atoms in total.